The number of fused-ring (bicyclic) bond motifs is 1. The van der Waals surface area contributed by atoms with Crippen LogP contribution in [0.2, 0.25) is 0 Å². The van der Waals surface area contributed by atoms with Gasteiger partial charge in [-0.05, 0) is 49.6 Å². The van der Waals surface area contributed by atoms with Gasteiger partial charge in [-0.15, -0.1) is 11.3 Å². The zero-order valence-corrected chi connectivity index (χ0v) is 21.9. The number of carbonyl (C=O) groups is 2. The summed E-state index contributed by atoms with van der Waals surface area (Å²) in [5, 5.41) is 1.91. The van der Waals surface area contributed by atoms with Gasteiger partial charge in [0, 0.05) is 16.5 Å². The number of furan rings is 1. The maximum Gasteiger partial charge on any atom is 0.338 e. The summed E-state index contributed by atoms with van der Waals surface area (Å²) < 4.78 is 18.0. The van der Waals surface area contributed by atoms with Crippen LogP contribution in [0, 0.1) is 0 Å². The van der Waals surface area contributed by atoms with Gasteiger partial charge in [-0.25, -0.2) is 14.6 Å². The molecule has 0 unspecified atom stereocenters. The number of allylic oxidation sites excluding steroid dienone is 1. The molecular weight excluding hydrogens is 512 g/mol. The van der Waals surface area contributed by atoms with Gasteiger partial charge < -0.3 is 13.9 Å². The van der Waals surface area contributed by atoms with Crippen LogP contribution in [0.15, 0.2) is 79.4 Å². The Labute approximate surface area is 219 Å². The molecule has 37 heavy (non-hydrogen) atoms. The van der Waals surface area contributed by atoms with Gasteiger partial charge >= 0.3 is 11.9 Å². The lowest BCUT2D eigenvalue weighted by atomic mass is 10.0. The van der Waals surface area contributed by atoms with Crippen LogP contribution in [-0.4, -0.2) is 30.2 Å². The number of carbonyl (C=O) groups excluding carboxylic acids is 2. The van der Waals surface area contributed by atoms with Gasteiger partial charge in [0.05, 0.1) is 35.1 Å². The number of thiophene rings is 1. The maximum absolute atomic E-state index is 13.6. The molecule has 4 heterocycles. The molecule has 1 aliphatic heterocycles. The van der Waals surface area contributed by atoms with Crippen molar-refractivity contribution in [2.24, 2.45) is 4.99 Å². The molecule has 0 saturated carbocycles. The first-order valence-electron chi connectivity index (χ1n) is 11.4. The van der Waals surface area contributed by atoms with Crippen LogP contribution < -0.4 is 14.9 Å². The highest BCUT2D eigenvalue weighted by atomic mass is 32.1. The number of rotatable bonds is 6. The molecule has 0 saturated heterocycles. The van der Waals surface area contributed by atoms with E-state index in [1.54, 1.807) is 60.9 Å². The molecule has 0 fully saturated rings. The molecule has 5 rings (SSSR count). The monoisotopic (exact) mass is 534 g/mol. The third kappa shape index (κ3) is 4.61. The number of esters is 2. The molecule has 0 aliphatic carbocycles. The van der Waals surface area contributed by atoms with Gasteiger partial charge in [0.25, 0.3) is 5.56 Å². The minimum atomic E-state index is -0.613. The molecule has 8 nitrogen and oxygen atoms in total. The average Bonchev–Trinajstić information content (AvgIpc) is 3.65. The first-order valence-corrected chi connectivity index (χ1v) is 13.1. The second-order valence-electron chi connectivity index (χ2n) is 8.09. The lowest BCUT2D eigenvalue weighted by Gasteiger charge is -2.23. The quantitative estimate of drug-likeness (QED) is 0.348. The number of hydrogen-bond acceptors (Lipinski definition) is 9. The SMILES string of the molecule is CCOC(=O)C1=C(C)N=c2s/c(=C/c3ccc(-c4ccc(C(=O)OC)cc4)o3)c(=O)n2[C@@H]1c1cccs1. The molecule has 3 aromatic heterocycles. The molecule has 1 aromatic carbocycles. The van der Waals surface area contributed by atoms with Crippen LogP contribution >= 0.6 is 22.7 Å². The molecule has 10 heteroatoms. The molecule has 1 atom stereocenters. The van der Waals surface area contributed by atoms with E-state index in [-0.39, 0.29) is 12.2 Å². The Morgan fingerprint density at radius 1 is 1.14 bits per heavy atom. The van der Waals surface area contributed by atoms with E-state index in [4.69, 9.17) is 13.9 Å². The van der Waals surface area contributed by atoms with E-state index in [0.717, 1.165) is 10.4 Å². The van der Waals surface area contributed by atoms with Gasteiger partial charge in [0.2, 0.25) is 0 Å². The van der Waals surface area contributed by atoms with E-state index < -0.39 is 18.0 Å². The lowest BCUT2D eigenvalue weighted by Crippen LogP contribution is -2.39. The maximum atomic E-state index is 13.6. The molecule has 4 aromatic rings. The summed E-state index contributed by atoms with van der Waals surface area (Å²) in [4.78, 5) is 44.0. The average molecular weight is 535 g/mol. The normalized spacial score (nSPS) is 15.3. The Bertz CT molecular complexity index is 1690. The van der Waals surface area contributed by atoms with Gasteiger partial charge in [-0.1, -0.05) is 29.5 Å². The van der Waals surface area contributed by atoms with Crippen molar-refractivity contribution < 1.29 is 23.5 Å². The zero-order valence-electron chi connectivity index (χ0n) is 20.2. The fraction of sp³-hybridized carbons (Fsp3) is 0.185. The van der Waals surface area contributed by atoms with E-state index in [9.17, 15) is 14.4 Å². The Morgan fingerprint density at radius 2 is 1.92 bits per heavy atom. The van der Waals surface area contributed by atoms with Crippen molar-refractivity contribution in [1.29, 1.82) is 0 Å². The van der Waals surface area contributed by atoms with Crippen LogP contribution in [-0.2, 0) is 14.3 Å². The molecule has 0 spiro atoms. The highest BCUT2D eigenvalue weighted by Crippen LogP contribution is 2.33. The molecule has 188 valence electrons. The molecule has 0 amide bonds. The van der Waals surface area contributed by atoms with Crippen LogP contribution in [0.3, 0.4) is 0 Å². The van der Waals surface area contributed by atoms with Crippen LogP contribution in [0.1, 0.15) is 40.9 Å². The predicted molar refractivity (Wildman–Crippen MR) is 140 cm³/mol. The Hall–Kier alpha value is -4.02. The number of thiazole rings is 1. The number of ether oxygens (including phenoxy) is 2. The van der Waals surface area contributed by atoms with Gasteiger partial charge in [0.1, 0.15) is 17.6 Å². The third-order valence-corrected chi connectivity index (χ3v) is 7.73. The third-order valence-electron chi connectivity index (χ3n) is 5.82. The largest absolute Gasteiger partial charge is 0.465 e. The van der Waals surface area contributed by atoms with Crippen LogP contribution in [0.4, 0.5) is 0 Å². The van der Waals surface area contributed by atoms with E-state index in [2.05, 4.69) is 4.99 Å². The number of aromatic nitrogens is 1. The van der Waals surface area contributed by atoms with E-state index in [0.29, 0.717) is 37.7 Å². The molecule has 0 N–H and O–H groups in total. The van der Waals surface area contributed by atoms with Crippen molar-refractivity contribution >= 4 is 40.7 Å². The lowest BCUT2D eigenvalue weighted by molar-refractivity contribution is -0.139. The fourth-order valence-corrected chi connectivity index (χ4v) is 5.96. The summed E-state index contributed by atoms with van der Waals surface area (Å²) >= 11 is 2.70. The Kier molecular flexibility index (Phi) is 6.77. The van der Waals surface area contributed by atoms with Crippen molar-refractivity contribution in [3.8, 4) is 11.3 Å². The van der Waals surface area contributed by atoms with Crippen LogP contribution in [0.25, 0.3) is 17.4 Å². The highest BCUT2D eigenvalue weighted by Gasteiger charge is 2.33. The van der Waals surface area contributed by atoms with Crippen molar-refractivity contribution in [2.75, 3.05) is 13.7 Å². The summed E-state index contributed by atoms with van der Waals surface area (Å²) in [6.45, 7) is 3.73. The summed E-state index contributed by atoms with van der Waals surface area (Å²) in [7, 11) is 1.33. The molecule has 1 aliphatic rings. The van der Waals surface area contributed by atoms with Crippen molar-refractivity contribution in [1.82, 2.24) is 4.57 Å². The zero-order chi connectivity index (χ0) is 26.1. The minimum Gasteiger partial charge on any atom is -0.465 e. The molecule has 0 radical (unpaired) electrons. The summed E-state index contributed by atoms with van der Waals surface area (Å²) in [6, 6.07) is 13.6. The molecular formula is C27H22N2O6S2. The Morgan fingerprint density at radius 3 is 2.59 bits per heavy atom. The number of methoxy groups -OCH3 is 1. The fourth-order valence-electron chi connectivity index (χ4n) is 4.11. The smallest absolute Gasteiger partial charge is 0.338 e. The van der Waals surface area contributed by atoms with Crippen molar-refractivity contribution in [3.05, 3.63) is 101 Å². The highest BCUT2D eigenvalue weighted by molar-refractivity contribution is 7.10. The van der Waals surface area contributed by atoms with E-state index in [1.807, 2.05) is 17.5 Å². The van der Waals surface area contributed by atoms with Gasteiger partial charge in [-0.3, -0.25) is 9.36 Å². The summed E-state index contributed by atoms with van der Waals surface area (Å²) in [5.74, 6) is 0.188. The number of nitrogens with zero attached hydrogens (tertiary/aromatic N) is 2. The van der Waals surface area contributed by atoms with Crippen LogP contribution in [0.5, 0.6) is 0 Å². The second kappa shape index (κ2) is 10.2. The first-order chi connectivity index (χ1) is 17.9. The predicted octanol–water partition coefficient (Wildman–Crippen LogP) is 3.91. The standard InChI is InChI=1S/C27H22N2O6S2/c1-4-34-26(32)22-15(2)28-27-29(23(22)20-6-5-13-36-20)24(30)21(37-27)14-18-11-12-19(35-18)16-7-9-17(10-8-16)25(31)33-3/h5-14,23H,4H2,1-3H3/b21-14+/t23-/m1/s1. The summed E-state index contributed by atoms with van der Waals surface area (Å²) in [5.41, 5.74) is 1.84. The number of hydrogen-bond donors (Lipinski definition) is 0. The van der Waals surface area contributed by atoms with Crippen molar-refractivity contribution in [2.45, 2.75) is 19.9 Å². The van der Waals surface area contributed by atoms with E-state index >= 15 is 0 Å². The Balaban J connectivity index is 1.55. The van der Waals surface area contributed by atoms with E-state index in [1.165, 1.54) is 29.8 Å². The first kappa shape index (κ1) is 24.7. The second-order valence-corrected chi connectivity index (χ2v) is 10.1. The molecule has 0 bridgehead atoms. The topological polar surface area (TPSA) is 100 Å². The number of benzene rings is 1. The summed E-state index contributed by atoms with van der Waals surface area (Å²) in [6.07, 6.45) is 1.67. The minimum absolute atomic E-state index is 0.226. The van der Waals surface area contributed by atoms with Gasteiger partial charge in [-0.2, -0.15) is 0 Å². The van der Waals surface area contributed by atoms with Gasteiger partial charge in [0.15, 0.2) is 4.80 Å². The van der Waals surface area contributed by atoms with Crippen molar-refractivity contribution in [3.63, 3.8) is 0 Å².